The van der Waals surface area contributed by atoms with E-state index in [2.05, 4.69) is 5.32 Å². The SMILES string of the molecule is COc1ccc([C@@H]2NC(=O)c3ccccc3[C@@H]2C(=O)O)cc1. The molecule has 1 aliphatic rings. The number of hydrogen-bond donors (Lipinski definition) is 2. The Balaban J connectivity index is 2.07. The molecule has 0 radical (unpaired) electrons. The zero-order valence-corrected chi connectivity index (χ0v) is 11.9. The molecule has 1 amide bonds. The molecule has 0 aromatic heterocycles. The summed E-state index contributed by atoms with van der Waals surface area (Å²) in [5, 5.41) is 12.4. The summed E-state index contributed by atoms with van der Waals surface area (Å²) in [6, 6.07) is 13.3. The molecule has 2 aromatic carbocycles. The predicted molar refractivity (Wildman–Crippen MR) is 80.0 cm³/mol. The van der Waals surface area contributed by atoms with Crippen molar-refractivity contribution >= 4 is 11.9 Å². The van der Waals surface area contributed by atoms with Gasteiger partial charge in [0.25, 0.3) is 5.91 Å². The van der Waals surface area contributed by atoms with Crippen molar-refractivity contribution in [2.45, 2.75) is 12.0 Å². The van der Waals surface area contributed by atoms with Crippen LogP contribution in [0.4, 0.5) is 0 Å². The third kappa shape index (κ3) is 2.30. The molecule has 0 fully saturated rings. The molecule has 0 spiro atoms. The van der Waals surface area contributed by atoms with Gasteiger partial charge in [-0.2, -0.15) is 0 Å². The van der Waals surface area contributed by atoms with Crippen molar-refractivity contribution in [3.8, 4) is 5.75 Å². The van der Waals surface area contributed by atoms with Gasteiger partial charge in [0.05, 0.1) is 13.2 Å². The molecular weight excluding hydrogens is 282 g/mol. The molecule has 2 N–H and O–H groups in total. The lowest BCUT2D eigenvalue weighted by molar-refractivity contribution is -0.139. The van der Waals surface area contributed by atoms with Crippen LogP contribution >= 0.6 is 0 Å². The number of carbonyl (C=O) groups excluding carboxylic acids is 1. The maximum Gasteiger partial charge on any atom is 0.313 e. The summed E-state index contributed by atoms with van der Waals surface area (Å²) in [6.07, 6.45) is 0. The molecular formula is C17H15NO4. The summed E-state index contributed by atoms with van der Waals surface area (Å²) in [6.45, 7) is 0. The van der Waals surface area contributed by atoms with E-state index in [0.29, 0.717) is 16.9 Å². The highest BCUT2D eigenvalue weighted by Crippen LogP contribution is 2.37. The molecule has 2 aromatic rings. The highest BCUT2D eigenvalue weighted by molar-refractivity contribution is 6.00. The normalized spacial score (nSPS) is 20.0. The Morgan fingerprint density at radius 1 is 1.14 bits per heavy atom. The van der Waals surface area contributed by atoms with E-state index in [1.54, 1.807) is 55.6 Å². The van der Waals surface area contributed by atoms with Crippen LogP contribution in [0.3, 0.4) is 0 Å². The Morgan fingerprint density at radius 3 is 2.45 bits per heavy atom. The number of carbonyl (C=O) groups is 2. The van der Waals surface area contributed by atoms with Crippen molar-refractivity contribution < 1.29 is 19.4 Å². The van der Waals surface area contributed by atoms with E-state index in [0.717, 1.165) is 5.56 Å². The summed E-state index contributed by atoms with van der Waals surface area (Å²) in [5.74, 6) is -1.36. The van der Waals surface area contributed by atoms with Gasteiger partial charge in [-0.05, 0) is 29.3 Å². The third-order valence-electron chi connectivity index (χ3n) is 3.90. The van der Waals surface area contributed by atoms with Crippen molar-refractivity contribution in [2.75, 3.05) is 7.11 Å². The number of carboxylic acid groups (broad SMARTS) is 1. The van der Waals surface area contributed by atoms with Gasteiger partial charge in [0.2, 0.25) is 0 Å². The summed E-state index contributed by atoms with van der Waals surface area (Å²) < 4.78 is 5.10. The van der Waals surface area contributed by atoms with E-state index in [1.807, 2.05) is 0 Å². The third-order valence-corrected chi connectivity index (χ3v) is 3.90. The van der Waals surface area contributed by atoms with E-state index in [1.165, 1.54) is 0 Å². The standard InChI is InChI=1S/C17H15NO4/c1-22-11-8-6-10(7-9-11)15-14(17(20)21)12-4-2-3-5-13(12)16(19)18-15/h2-9,14-15H,1H3,(H,18,19)(H,20,21)/t14-,15-/m0/s1. The van der Waals surface area contributed by atoms with Gasteiger partial charge in [-0.3, -0.25) is 9.59 Å². The second-order valence-corrected chi connectivity index (χ2v) is 5.13. The van der Waals surface area contributed by atoms with Crippen LogP contribution < -0.4 is 10.1 Å². The summed E-state index contributed by atoms with van der Waals surface area (Å²) >= 11 is 0. The molecule has 22 heavy (non-hydrogen) atoms. The second kappa shape index (κ2) is 5.52. The molecule has 1 aliphatic heterocycles. The minimum Gasteiger partial charge on any atom is -0.497 e. The minimum absolute atomic E-state index is 0.256. The van der Waals surface area contributed by atoms with Crippen molar-refractivity contribution in [1.29, 1.82) is 0 Å². The maximum atomic E-state index is 12.2. The molecule has 1 heterocycles. The topological polar surface area (TPSA) is 75.6 Å². The molecule has 112 valence electrons. The number of aliphatic carboxylic acids is 1. The van der Waals surface area contributed by atoms with Crippen LogP contribution in [0.25, 0.3) is 0 Å². The Morgan fingerprint density at radius 2 is 1.82 bits per heavy atom. The van der Waals surface area contributed by atoms with E-state index in [4.69, 9.17) is 4.74 Å². The molecule has 0 saturated carbocycles. The number of amides is 1. The fourth-order valence-corrected chi connectivity index (χ4v) is 2.82. The molecule has 3 rings (SSSR count). The average Bonchev–Trinajstić information content (AvgIpc) is 2.54. The van der Waals surface area contributed by atoms with Crippen LogP contribution in [0.5, 0.6) is 5.75 Å². The fourth-order valence-electron chi connectivity index (χ4n) is 2.82. The lowest BCUT2D eigenvalue weighted by Crippen LogP contribution is -2.41. The van der Waals surface area contributed by atoms with E-state index < -0.39 is 17.9 Å². The van der Waals surface area contributed by atoms with Gasteiger partial charge in [0.1, 0.15) is 11.7 Å². The van der Waals surface area contributed by atoms with E-state index in [-0.39, 0.29) is 5.91 Å². The molecule has 0 saturated heterocycles. The van der Waals surface area contributed by atoms with Gasteiger partial charge in [0.15, 0.2) is 0 Å². The number of methoxy groups -OCH3 is 1. The number of ether oxygens (including phenoxy) is 1. The number of fused-ring (bicyclic) bond motifs is 1. The maximum absolute atomic E-state index is 12.2. The molecule has 5 heteroatoms. The van der Waals surface area contributed by atoms with Gasteiger partial charge in [-0.1, -0.05) is 30.3 Å². The van der Waals surface area contributed by atoms with Crippen LogP contribution in [0.2, 0.25) is 0 Å². The van der Waals surface area contributed by atoms with Gasteiger partial charge in [-0.25, -0.2) is 0 Å². The number of carboxylic acids is 1. The number of rotatable bonds is 3. The Bertz CT molecular complexity index is 724. The smallest absolute Gasteiger partial charge is 0.313 e. The first kappa shape index (κ1) is 14.1. The van der Waals surface area contributed by atoms with Crippen molar-refractivity contribution in [3.63, 3.8) is 0 Å². The monoisotopic (exact) mass is 297 g/mol. The molecule has 0 unspecified atom stereocenters. The highest BCUT2D eigenvalue weighted by Gasteiger charge is 2.38. The zero-order valence-electron chi connectivity index (χ0n) is 11.9. The number of benzene rings is 2. The Hall–Kier alpha value is -2.82. The second-order valence-electron chi connectivity index (χ2n) is 5.13. The zero-order chi connectivity index (χ0) is 15.7. The summed E-state index contributed by atoms with van der Waals surface area (Å²) in [4.78, 5) is 24.0. The first-order chi connectivity index (χ1) is 10.6. The predicted octanol–water partition coefficient (Wildman–Crippen LogP) is 2.35. The largest absolute Gasteiger partial charge is 0.497 e. The molecule has 5 nitrogen and oxygen atoms in total. The molecule has 0 aliphatic carbocycles. The Kier molecular flexibility index (Phi) is 3.55. The van der Waals surface area contributed by atoms with Crippen molar-refractivity contribution in [2.24, 2.45) is 0 Å². The number of hydrogen-bond acceptors (Lipinski definition) is 3. The van der Waals surface area contributed by atoms with Gasteiger partial charge in [-0.15, -0.1) is 0 Å². The molecule has 2 atom stereocenters. The Labute approximate surface area is 127 Å². The van der Waals surface area contributed by atoms with Crippen LogP contribution in [0.15, 0.2) is 48.5 Å². The molecule has 0 bridgehead atoms. The highest BCUT2D eigenvalue weighted by atomic mass is 16.5. The lowest BCUT2D eigenvalue weighted by Gasteiger charge is -2.31. The average molecular weight is 297 g/mol. The van der Waals surface area contributed by atoms with Crippen molar-refractivity contribution in [3.05, 3.63) is 65.2 Å². The minimum atomic E-state index is -0.965. The number of nitrogens with one attached hydrogen (secondary N) is 1. The first-order valence-corrected chi connectivity index (χ1v) is 6.88. The van der Waals surface area contributed by atoms with Crippen LogP contribution in [-0.4, -0.2) is 24.1 Å². The quantitative estimate of drug-likeness (QED) is 0.912. The van der Waals surface area contributed by atoms with Crippen LogP contribution in [0.1, 0.15) is 33.4 Å². The van der Waals surface area contributed by atoms with Crippen molar-refractivity contribution in [1.82, 2.24) is 5.32 Å². The first-order valence-electron chi connectivity index (χ1n) is 6.88. The van der Waals surface area contributed by atoms with Crippen LogP contribution in [-0.2, 0) is 4.79 Å². The van der Waals surface area contributed by atoms with E-state index in [9.17, 15) is 14.7 Å². The van der Waals surface area contributed by atoms with E-state index >= 15 is 0 Å². The fraction of sp³-hybridized carbons (Fsp3) is 0.176. The van der Waals surface area contributed by atoms with Gasteiger partial charge in [0, 0.05) is 5.56 Å². The van der Waals surface area contributed by atoms with Crippen LogP contribution in [0, 0.1) is 0 Å². The summed E-state index contributed by atoms with van der Waals surface area (Å²) in [5.41, 5.74) is 1.69. The lowest BCUT2D eigenvalue weighted by atomic mass is 9.81. The van der Waals surface area contributed by atoms with Gasteiger partial charge < -0.3 is 15.2 Å². The summed E-state index contributed by atoms with van der Waals surface area (Å²) in [7, 11) is 1.56. The van der Waals surface area contributed by atoms with Gasteiger partial charge >= 0.3 is 5.97 Å².